The lowest BCUT2D eigenvalue weighted by Crippen LogP contribution is -2.47. The average molecular weight is 332 g/mol. The normalized spacial score (nSPS) is 29.7. The van der Waals surface area contributed by atoms with Gasteiger partial charge in [-0.25, -0.2) is 8.78 Å². The molecule has 6 heteroatoms. The standard InChI is InChI=1S/C18H18F2N2O2/c1-17(2)10-6-7-18(17,16(23)24)15-9(10)8-13(21-22-15)14-11(19)4-3-5-12(14)20/h3-5,8,10,21-22H,6-7H2,1-2H3,(H,23,24)/t10-,18+/m1/s1. The van der Waals surface area contributed by atoms with Gasteiger partial charge in [-0.05, 0) is 48.0 Å². The van der Waals surface area contributed by atoms with Crippen LogP contribution in [0.25, 0.3) is 5.70 Å². The number of carboxylic acid groups (broad SMARTS) is 1. The van der Waals surface area contributed by atoms with Crippen molar-refractivity contribution >= 4 is 11.7 Å². The molecule has 1 saturated carbocycles. The summed E-state index contributed by atoms with van der Waals surface area (Å²) in [5.41, 5.74) is 5.90. The Balaban J connectivity index is 1.88. The molecule has 4 nitrogen and oxygen atoms in total. The number of hydrogen-bond acceptors (Lipinski definition) is 3. The van der Waals surface area contributed by atoms with Gasteiger partial charge in [-0.1, -0.05) is 19.9 Å². The number of nitrogens with one attached hydrogen (secondary N) is 2. The summed E-state index contributed by atoms with van der Waals surface area (Å²) < 4.78 is 28.1. The summed E-state index contributed by atoms with van der Waals surface area (Å²) >= 11 is 0. The molecule has 1 fully saturated rings. The number of rotatable bonds is 2. The lowest BCUT2D eigenvalue weighted by molar-refractivity contribution is -0.151. The van der Waals surface area contributed by atoms with E-state index < -0.39 is 28.4 Å². The fraction of sp³-hybridized carbons (Fsp3) is 0.389. The molecule has 3 N–H and O–H groups in total. The van der Waals surface area contributed by atoms with Crippen LogP contribution >= 0.6 is 0 Å². The topological polar surface area (TPSA) is 61.4 Å². The van der Waals surface area contributed by atoms with Gasteiger partial charge in [0.1, 0.15) is 17.0 Å². The van der Waals surface area contributed by atoms with Gasteiger partial charge in [0.05, 0.1) is 17.0 Å². The molecule has 1 heterocycles. The molecule has 126 valence electrons. The van der Waals surface area contributed by atoms with E-state index >= 15 is 0 Å². The Morgan fingerprint density at radius 1 is 1.25 bits per heavy atom. The molecule has 0 saturated heterocycles. The molecule has 4 rings (SSSR count). The first-order valence-electron chi connectivity index (χ1n) is 7.97. The number of hydrazine groups is 1. The zero-order chi connectivity index (χ0) is 17.3. The van der Waals surface area contributed by atoms with E-state index in [0.29, 0.717) is 12.1 Å². The summed E-state index contributed by atoms with van der Waals surface area (Å²) in [6.45, 7) is 3.91. The van der Waals surface area contributed by atoms with E-state index in [9.17, 15) is 18.7 Å². The van der Waals surface area contributed by atoms with E-state index in [1.54, 1.807) is 6.08 Å². The highest BCUT2D eigenvalue weighted by atomic mass is 19.1. The minimum Gasteiger partial charge on any atom is -0.481 e. The van der Waals surface area contributed by atoms with Crippen LogP contribution in [0, 0.1) is 28.4 Å². The number of carbonyl (C=O) groups is 1. The number of allylic oxidation sites excluding steroid dienone is 2. The molecule has 1 aromatic carbocycles. The van der Waals surface area contributed by atoms with Crippen LogP contribution in [-0.2, 0) is 4.79 Å². The van der Waals surface area contributed by atoms with Gasteiger partial charge in [0.25, 0.3) is 0 Å². The first-order valence-corrected chi connectivity index (χ1v) is 7.97. The highest BCUT2D eigenvalue weighted by molar-refractivity contribution is 5.84. The third kappa shape index (κ3) is 1.58. The molecule has 3 aliphatic rings. The number of carboxylic acids is 1. The van der Waals surface area contributed by atoms with Crippen molar-refractivity contribution in [1.82, 2.24) is 10.9 Å². The van der Waals surface area contributed by atoms with Crippen molar-refractivity contribution in [3.8, 4) is 0 Å². The second-order valence-electron chi connectivity index (χ2n) is 7.26. The molecule has 24 heavy (non-hydrogen) atoms. The van der Waals surface area contributed by atoms with Crippen LogP contribution in [0.1, 0.15) is 32.3 Å². The molecule has 0 radical (unpaired) electrons. The van der Waals surface area contributed by atoms with Gasteiger partial charge in [0, 0.05) is 0 Å². The monoisotopic (exact) mass is 332 g/mol. The largest absolute Gasteiger partial charge is 0.481 e. The molecular formula is C18H18F2N2O2. The SMILES string of the molecule is CC1(C)[C@@H]2CC[C@@]1(C(=O)O)C1=C2C=C(c2c(F)cccc2F)NN1. The molecule has 0 aromatic heterocycles. The van der Waals surface area contributed by atoms with Crippen molar-refractivity contribution in [2.75, 3.05) is 0 Å². The summed E-state index contributed by atoms with van der Waals surface area (Å²) in [6, 6.07) is 3.72. The summed E-state index contributed by atoms with van der Waals surface area (Å²) in [7, 11) is 0. The van der Waals surface area contributed by atoms with Gasteiger partial charge in [-0.3, -0.25) is 4.79 Å². The fourth-order valence-corrected chi connectivity index (χ4v) is 4.81. The van der Waals surface area contributed by atoms with Crippen molar-refractivity contribution in [2.45, 2.75) is 26.7 Å². The van der Waals surface area contributed by atoms with Crippen LogP contribution in [0.5, 0.6) is 0 Å². The van der Waals surface area contributed by atoms with Crippen molar-refractivity contribution in [1.29, 1.82) is 0 Å². The van der Waals surface area contributed by atoms with E-state index in [2.05, 4.69) is 10.9 Å². The van der Waals surface area contributed by atoms with Crippen LogP contribution in [0.15, 0.2) is 35.5 Å². The first kappa shape index (κ1) is 15.2. The van der Waals surface area contributed by atoms with Gasteiger partial charge >= 0.3 is 5.97 Å². The minimum atomic E-state index is -0.990. The van der Waals surface area contributed by atoms with Gasteiger partial charge in [0.2, 0.25) is 0 Å². The molecular weight excluding hydrogens is 314 g/mol. The number of fused-ring (bicyclic) bond motifs is 4. The Hall–Kier alpha value is -2.37. The van der Waals surface area contributed by atoms with Gasteiger partial charge in [-0.2, -0.15) is 0 Å². The Morgan fingerprint density at radius 2 is 1.92 bits per heavy atom. The maximum atomic E-state index is 14.1. The molecule has 0 amide bonds. The zero-order valence-electron chi connectivity index (χ0n) is 13.4. The molecule has 1 aliphatic heterocycles. The zero-order valence-corrected chi connectivity index (χ0v) is 13.4. The van der Waals surface area contributed by atoms with E-state index in [0.717, 1.165) is 12.0 Å². The number of benzene rings is 1. The predicted octanol–water partition coefficient (Wildman–Crippen LogP) is 3.19. The lowest BCUT2D eigenvalue weighted by atomic mass is 9.68. The average Bonchev–Trinajstić information content (AvgIpc) is 2.89. The molecule has 2 aliphatic carbocycles. The third-order valence-corrected chi connectivity index (χ3v) is 6.09. The number of hydrogen-bond donors (Lipinski definition) is 3. The predicted molar refractivity (Wildman–Crippen MR) is 84.2 cm³/mol. The van der Waals surface area contributed by atoms with Crippen LogP contribution < -0.4 is 10.9 Å². The van der Waals surface area contributed by atoms with E-state index in [1.165, 1.54) is 18.2 Å². The van der Waals surface area contributed by atoms with Gasteiger partial charge < -0.3 is 16.0 Å². The van der Waals surface area contributed by atoms with E-state index in [-0.39, 0.29) is 17.2 Å². The molecule has 2 bridgehead atoms. The molecule has 0 spiro atoms. The summed E-state index contributed by atoms with van der Waals surface area (Å²) in [5.74, 6) is -2.13. The second-order valence-corrected chi connectivity index (χ2v) is 7.26. The van der Waals surface area contributed by atoms with Crippen molar-refractivity contribution in [3.63, 3.8) is 0 Å². The maximum Gasteiger partial charge on any atom is 0.316 e. The molecule has 1 aromatic rings. The fourth-order valence-electron chi connectivity index (χ4n) is 4.81. The first-order chi connectivity index (χ1) is 11.3. The van der Waals surface area contributed by atoms with E-state index in [4.69, 9.17) is 0 Å². The van der Waals surface area contributed by atoms with Crippen LogP contribution in [-0.4, -0.2) is 11.1 Å². The van der Waals surface area contributed by atoms with Crippen LogP contribution in [0.2, 0.25) is 0 Å². The summed E-state index contributed by atoms with van der Waals surface area (Å²) in [4.78, 5) is 12.1. The number of aliphatic carboxylic acids is 1. The second kappa shape index (κ2) is 4.59. The Kier molecular flexibility index (Phi) is 2.90. The highest BCUT2D eigenvalue weighted by Gasteiger charge is 2.67. The molecule has 2 atom stereocenters. The van der Waals surface area contributed by atoms with Crippen molar-refractivity contribution in [2.24, 2.45) is 16.7 Å². The lowest BCUT2D eigenvalue weighted by Gasteiger charge is -2.37. The smallest absolute Gasteiger partial charge is 0.316 e. The maximum absolute atomic E-state index is 14.1. The van der Waals surface area contributed by atoms with Crippen molar-refractivity contribution < 1.29 is 18.7 Å². The highest BCUT2D eigenvalue weighted by Crippen LogP contribution is 2.68. The Morgan fingerprint density at radius 3 is 2.54 bits per heavy atom. The molecule has 0 unspecified atom stereocenters. The minimum absolute atomic E-state index is 0.0445. The summed E-state index contributed by atoms with van der Waals surface area (Å²) in [5, 5.41) is 9.89. The van der Waals surface area contributed by atoms with Crippen LogP contribution in [0.4, 0.5) is 8.78 Å². The third-order valence-electron chi connectivity index (χ3n) is 6.09. The van der Waals surface area contributed by atoms with Crippen molar-refractivity contribution in [3.05, 3.63) is 52.7 Å². The van der Waals surface area contributed by atoms with Gasteiger partial charge in [0.15, 0.2) is 0 Å². The van der Waals surface area contributed by atoms with Gasteiger partial charge in [-0.15, -0.1) is 0 Å². The number of halogens is 2. The Bertz CT molecular complexity index is 808. The van der Waals surface area contributed by atoms with E-state index in [1.807, 2.05) is 13.8 Å². The Labute approximate surface area is 138 Å². The van der Waals surface area contributed by atoms with Crippen LogP contribution in [0.3, 0.4) is 0 Å². The quantitative estimate of drug-likeness (QED) is 0.778. The summed E-state index contributed by atoms with van der Waals surface area (Å²) in [6.07, 6.45) is 3.01.